The standard InChI is InChI=1S/C52H31F4N3/c53-43-22-18-39(30-45(43)55)57(37-16-14-32-8-4-6-10-34(32)28-37)47-24-26-49-51-41(47)20-21-42-48(25-27-50(52(42)51)59(49)36-12-2-1-3-13-36)58(40-19-23-44(54)46(56)31-40)38-17-15-33-9-5-7-11-35(33)29-38/h1-31H. The summed E-state index contributed by atoms with van der Waals surface area (Å²) in [6.07, 6.45) is 0. The number of benzene rings is 10. The molecule has 0 N–H and O–H groups in total. The maximum Gasteiger partial charge on any atom is 0.160 e. The predicted molar refractivity (Wildman–Crippen MR) is 234 cm³/mol. The van der Waals surface area contributed by atoms with Crippen LogP contribution in [-0.2, 0) is 0 Å². The Kier molecular flexibility index (Phi) is 7.91. The second-order valence-corrected chi connectivity index (χ2v) is 14.7. The first-order valence-electron chi connectivity index (χ1n) is 19.3. The Morgan fingerprint density at radius 1 is 0.322 bits per heavy atom. The number of halogens is 4. The van der Waals surface area contributed by atoms with Gasteiger partial charge in [0, 0.05) is 62.1 Å². The van der Waals surface area contributed by atoms with Crippen molar-refractivity contribution in [3.63, 3.8) is 0 Å². The lowest BCUT2D eigenvalue weighted by molar-refractivity contribution is 0.509. The van der Waals surface area contributed by atoms with Crippen LogP contribution in [0.1, 0.15) is 0 Å². The fourth-order valence-corrected chi connectivity index (χ4v) is 8.71. The van der Waals surface area contributed by atoms with Gasteiger partial charge in [0.25, 0.3) is 0 Å². The van der Waals surface area contributed by atoms with Crippen molar-refractivity contribution in [3.8, 4) is 5.69 Å². The Morgan fingerprint density at radius 3 is 1.19 bits per heavy atom. The highest BCUT2D eigenvalue weighted by molar-refractivity contribution is 6.29. The Labute approximate surface area is 336 Å². The van der Waals surface area contributed by atoms with Gasteiger partial charge in [-0.1, -0.05) is 91.0 Å². The first-order chi connectivity index (χ1) is 28.9. The minimum atomic E-state index is -0.947. The van der Waals surface area contributed by atoms with Crippen molar-refractivity contribution in [2.24, 2.45) is 0 Å². The predicted octanol–water partition coefficient (Wildman–Crippen LogP) is 15.2. The van der Waals surface area contributed by atoms with Gasteiger partial charge in [-0.3, -0.25) is 0 Å². The topological polar surface area (TPSA) is 11.4 Å². The summed E-state index contributed by atoms with van der Waals surface area (Å²) in [6.45, 7) is 0. The second kappa shape index (κ2) is 13.5. The number of anilines is 6. The van der Waals surface area contributed by atoms with Crippen molar-refractivity contribution < 1.29 is 17.6 Å². The minimum absolute atomic E-state index is 0.460. The quantitative estimate of drug-likeness (QED) is 0.118. The van der Waals surface area contributed by atoms with Crippen LogP contribution in [0.4, 0.5) is 51.7 Å². The van der Waals surface area contributed by atoms with E-state index in [1.165, 1.54) is 12.1 Å². The Balaban J connectivity index is 1.22. The summed E-state index contributed by atoms with van der Waals surface area (Å²) in [4.78, 5) is 3.94. The number of para-hydroxylation sites is 1. The summed E-state index contributed by atoms with van der Waals surface area (Å²) in [5, 5.41) is 7.79. The summed E-state index contributed by atoms with van der Waals surface area (Å²) in [7, 11) is 0. The molecule has 1 aromatic heterocycles. The third-order valence-corrected chi connectivity index (χ3v) is 11.4. The molecule has 7 heteroatoms. The fourth-order valence-electron chi connectivity index (χ4n) is 8.71. The minimum Gasteiger partial charge on any atom is -0.310 e. The van der Waals surface area contributed by atoms with E-state index in [0.717, 1.165) is 94.7 Å². The van der Waals surface area contributed by atoms with Crippen molar-refractivity contribution in [3.05, 3.63) is 211 Å². The summed E-state index contributed by atoms with van der Waals surface area (Å²) in [6, 6.07) is 58.7. The van der Waals surface area contributed by atoms with Crippen LogP contribution in [0.5, 0.6) is 0 Å². The van der Waals surface area contributed by atoms with Gasteiger partial charge in [0.05, 0.1) is 22.4 Å². The first kappa shape index (κ1) is 34.6. The van der Waals surface area contributed by atoms with Crippen LogP contribution in [0.2, 0.25) is 0 Å². The smallest absolute Gasteiger partial charge is 0.160 e. The van der Waals surface area contributed by atoms with Crippen LogP contribution in [0.15, 0.2) is 188 Å². The van der Waals surface area contributed by atoms with E-state index in [1.54, 1.807) is 12.1 Å². The molecular weight excluding hydrogens is 743 g/mol. The van der Waals surface area contributed by atoms with Crippen molar-refractivity contribution in [2.45, 2.75) is 0 Å². The zero-order chi connectivity index (χ0) is 39.8. The van der Waals surface area contributed by atoms with E-state index in [9.17, 15) is 8.78 Å². The molecule has 0 saturated heterocycles. The summed E-state index contributed by atoms with van der Waals surface area (Å²) < 4.78 is 61.5. The number of fused-ring (bicyclic) bond motifs is 2. The molecule has 0 aliphatic carbocycles. The van der Waals surface area contributed by atoms with E-state index in [4.69, 9.17) is 0 Å². The van der Waals surface area contributed by atoms with Gasteiger partial charge in [-0.05, 0) is 106 Å². The zero-order valence-corrected chi connectivity index (χ0v) is 31.3. The van der Waals surface area contributed by atoms with Gasteiger partial charge < -0.3 is 14.4 Å². The van der Waals surface area contributed by atoms with Gasteiger partial charge in [-0.2, -0.15) is 0 Å². The first-order valence-corrected chi connectivity index (χ1v) is 19.3. The van der Waals surface area contributed by atoms with E-state index in [0.29, 0.717) is 11.4 Å². The Morgan fingerprint density at radius 2 is 0.729 bits per heavy atom. The molecule has 10 aromatic carbocycles. The molecule has 0 amide bonds. The van der Waals surface area contributed by atoms with E-state index < -0.39 is 23.3 Å². The van der Waals surface area contributed by atoms with Crippen LogP contribution in [-0.4, -0.2) is 4.57 Å². The SMILES string of the molecule is Fc1ccc(N(c2ccc3ccccc3c2)c2ccc3c4c2ccc2c(N(c5ccc(F)c(F)c5)c5ccc6ccccc6c5)ccc(c24)n3-c2ccccc2)cc1F. The van der Waals surface area contributed by atoms with Gasteiger partial charge in [0.2, 0.25) is 0 Å². The van der Waals surface area contributed by atoms with Crippen LogP contribution >= 0.6 is 0 Å². The normalized spacial score (nSPS) is 11.7. The number of hydrogen-bond acceptors (Lipinski definition) is 2. The van der Waals surface area contributed by atoms with Crippen molar-refractivity contribution >= 4 is 88.2 Å². The monoisotopic (exact) mass is 773 g/mol. The summed E-state index contributed by atoms with van der Waals surface area (Å²) in [5.41, 5.74) is 6.87. The molecule has 11 rings (SSSR count). The molecule has 0 atom stereocenters. The number of rotatable bonds is 7. The fraction of sp³-hybridized carbons (Fsp3) is 0. The van der Waals surface area contributed by atoms with Gasteiger partial charge in [0.15, 0.2) is 23.3 Å². The number of aromatic nitrogens is 1. The Hall–Kier alpha value is -7.64. The summed E-state index contributed by atoms with van der Waals surface area (Å²) >= 11 is 0. The lowest BCUT2D eigenvalue weighted by Gasteiger charge is -2.28. The highest BCUT2D eigenvalue weighted by Gasteiger charge is 2.26. The molecule has 0 aliphatic heterocycles. The molecule has 11 aromatic rings. The van der Waals surface area contributed by atoms with E-state index in [1.807, 2.05) is 113 Å². The highest BCUT2D eigenvalue weighted by Crippen LogP contribution is 2.50. The molecular formula is C52H31F4N3. The molecule has 1 heterocycles. The van der Waals surface area contributed by atoms with Gasteiger partial charge in [-0.15, -0.1) is 0 Å². The molecule has 0 radical (unpaired) electrons. The largest absolute Gasteiger partial charge is 0.310 e. The average Bonchev–Trinajstić information content (AvgIpc) is 3.61. The van der Waals surface area contributed by atoms with Crippen LogP contribution < -0.4 is 9.80 Å². The van der Waals surface area contributed by atoms with Gasteiger partial charge in [-0.25, -0.2) is 17.6 Å². The van der Waals surface area contributed by atoms with Crippen molar-refractivity contribution in [1.29, 1.82) is 0 Å². The third-order valence-electron chi connectivity index (χ3n) is 11.4. The number of hydrogen-bond donors (Lipinski definition) is 0. The third kappa shape index (κ3) is 5.57. The van der Waals surface area contributed by atoms with E-state index in [2.05, 4.69) is 53.1 Å². The van der Waals surface area contributed by atoms with Crippen LogP contribution in [0, 0.1) is 23.3 Å². The van der Waals surface area contributed by atoms with Gasteiger partial charge >= 0.3 is 0 Å². The molecule has 0 aliphatic rings. The second-order valence-electron chi connectivity index (χ2n) is 14.7. The maximum atomic E-state index is 15.1. The van der Waals surface area contributed by atoms with Crippen molar-refractivity contribution in [1.82, 2.24) is 4.57 Å². The van der Waals surface area contributed by atoms with Crippen molar-refractivity contribution in [2.75, 3.05) is 9.80 Å². The molecule has 0 fully saturated rings. The molecule has 0 unspecified atom stereocenters. The lowest BCUT2D eigenvalue weighted by Crippen LogP contribution is -2.12. The van der Waals surface area contributed by atoms with Crippen LogP contribution in [0.25, 0.3) is 59.8 Å². The molecule has 0 saturated carbocycles. The zero-order valence-electron chi connectivity index (χ0n) is 31.3. The molecule has 0 bridgehead atoms. The molecule has 59 heavy (non-hydrogen) atoms. The lowest BCUT2D eigenvalue weighted by atomic mass is 9.97. The van der Waals surface area contributed by atoms with E-state index >= 15 is 8.78 Å². The molecule has 282 valence electrons. The summed E-state index contributed by atoms with van der Waals surface area (Å²) in [5.74, 6) is -3.75. The van der Waals surface area contributed by atoms with E-state index in [-0.39, 0.29) is 0 Å². The molecule has 0 spiro atoms. The maximum absolute atomic E-state index is 15.1. The highest BCUT2D eigenvalue weighted by atomic mass is 19.2. The van der Waals surface area contributed by atoms with Gasteiger partial charge in [0.1, 0.15) is 0 Å². The Bertz CT molecular complexity index is 3210. The molecule has 3 nitrogen and oxygen atoms in total. The van der Waals surface area contributed by atoms with Crippen LogP contribution in [0.3, 0.4) is 0 Å². The number of nitrogens with zero attached hydrogens (tertiary/aromatic N) is 3. The average molecular weight is 774 g/mol.